The van der Waals surface area contributed by atoms with Crippen molar-refractivity contribution in [2.45, 2.75) is 24.3 Å². The van der Waals surface area contributed by atoms with Gasteiger partial charge in [-0.3, -0.25) is 4.18 Å². The zero-order valence-electron chi connectivity index (χ0n) is 18.6. The van der Waals surface area contributed by atoms with E-state index in [9.17, 15) is 8.42 Å². The van der Waals surface area contributed by atoms with Gasteiger partial charge in [0.1, 0.15) is 18.5 Å². The zero-order valence-corrected chi connectivity index (χ0v) is 20.1. The number of benzene rings is 4. The monoisotopic (exact) mass is 490 g/mol. The molecule has 0 N–H and O–H groups in total. The number of hydrogen-bond donors (Lipinski definition) is 0. The summed E-state index contributed by atoms with van der Waals surface area (Å²) < 4.78 is 36.8. The fourth-order valence-corrected chi connectivity index (χ4v) is 5.33. The van der Waals surface area contributed by atoms with Gasteiger partial charge in [-0.25, -0.2) is 0 Å². The van der Waals surface area contributed by atoms with Crippen molar-refractivity contribution in [2.24, 2.45) is 0 Å². The van der Waals surface area contributed by atoms with Gasteiger partial charge in [-0.2, -0.15) is 8.42 Å². The van der Waals surface area contributed by atoms with Gasteiger partial charge in [-0.1, -0.05) is 83.9 Å². The summed E-state index contributed by atoms with van der Waals surface area (Å²) in [4.78, 5) is 0.143. The summed E-state index contributed by atoms with van der Waals surface area (Å²) in [5.41, 5.74) is 6.05. The SMILES string of the molecule is Cc1ccc(S(=O)(=O)OCC2Cc3cccc(-c4ccccc4-c4cccc(Cl)c4)c3O2)cc1. The number of ether oxygens (including phenoxy) is 1. The van der Waals surface area contributed by atoms with Crippen LogP contribution in [0.25, 0.3) is 22.3 Å². The third-order valence-electron chi connectivity index (χ3n) is 5.90. The van der Waals surface area contributed by atoms with E-state index in [1.807, 2.05) is 61.5 Å². The highest BCUT2D eigenvalue weighted by atomic mass is 35.5. The van der Waals surface area contributed by atoms with Gasteiger partial charge in [0.2, 0.25) is 0 Å². The van der Waals surface area contributed by atoms with Crippen LogP contribution in [-0.4, -0.2) is 21.1 Å². The molecule has 0 radical (unpaired) electrons. The van der Waals surface area contributed by atoms with Crippen molar-refractivity contribution in [1.29, 1.82) is 0 Å². The lowest BCUT2D eigenvalue weighted by Crippen LogP contribution is -2.23. The van der Waals surface area contributed by atoms with Crippen molar-refractivity contribution in [3.63, 3.8) is 0 Å². The number of hydrogen-bond acceptors (Lipinski definition) is 4. The number of aryl methyl sites for hydroxylation is 1. The average Bonchev–Trinajstić information content (AvgIpc) is 3.27. The highest BCUT2D eigenvalue weighted by Crippen LogP contribution is 2.42. The maximum atomic E-state index is 12.6. The van der Waals surface area contributed by atoms with Crippen LogP contribution in [0.4, 0.5) is 0 Å². The van der Waals surface area contributed by atoms with Crippen LogP contribution in [-0.2, 0) is 20.7 Å². The first kappa shape index (κ1) is 22.7. The van der Waals surface area contributed by atoms with E-state index in [0.717, 1.165) is 39.1 Å². The summed E-state index contributed by atoms with van der Waals surface area (Å²) in [6, 6.07) is 28.5. The number of fused-ring (bicyclic) bond motifs is 1. The van der Waals surface area contributed by atoms with Crippen molar-refractivity contribution in [3.05, 3.63) is 107 Å². The predicted octanol–water partition coefficient (Wildman–Crippen LogP) is 6.69. The Balaban J connectivity index is 1.40. The molecule has 34 heavy (non-hydrogen) atoms. The van der Waals surface area contributed by atoms with Gasteiger partial charge in [0.25, 0.3) is 10.1 Å². The van der Waals surface area contributed by atoms with Crippen molar-refractivity contribution < 1.29 is 17.3 Å². The minimum Gasteiger partial charge on any atom is -0.487 e. The zero-order chi connectivity index (χ0) is 23.7. The second-order valence-corrected chi connectivity index (χ2v) is 10.4. The smallest absolute Gasteiger partial charge is 0.297 e. The predicted molar refractivity (Wildman–Crippen MR) is 135 cm³/mol. The van der Waals surface area contributed by atoms with Crippen molar-refractivity contribution >= 4 is 21.7 Å². The molecular formula is C28H23ClO4S. The van der Waals surface area contributed by atoms with Crippen LogP contribution in [0.15, 0.2) is 95.9 Å². The minimum atomic E-state index is -3.85. The van der Waals surface area contributed by atoms with Gasteiger partial charge < -0.3 is 4.74 Å². The second-order valence-electron chi connectivity index (χ2n) is 8.35. The van der Waals surface area contributed by atoms with E-state index in [0.29, 0.717) is 11.4 Å². The molecule has 1 aliphatic rings. The fourth-order valence-electron chi connectivity index (χ4n) is 4.21. The molecule has 0 saturated heterocycles. The molecule has 4 aromatic carbocycles. The molecule has 0 aliphatic carbocycles. The summed E-state index contributed by atoms with van der Waals surface area (Å²) in [5, 5.41) is 0.675. The Morgan fingerprint density at radius 2 is 1.59 bits per heavy atom. The molecular weight excluding hydrogens is 468 g/mol. The van der Waals surface area contributed by atoms with E-state index >= 15 is 0 Å². The topological polar surface area (TPSA) is 52.6 Å². The van der Waals surface area contributed by atoms with Crippen LogP contribution in [0.1, 0.15) is 11.1 Å². The number of halogens is 1. The molecule has 0 aromatic heterocycles. The lowest BCUT2D eigenvalue weighted by Gasteiger charge is -2.15. The molecule has 1 unspecified atom stereocenters. The molecule has 172 valence electrons. The highest BCUT2D eigenvalue weighted by Gasteiger charge is 2.28. The van der Waals surface area contributed by atoms with E-state index in [4.69, 9.17) is 20.5 Å². The maximum Gasteiger partial charge on any atom is 0.297 e. The van der Waals surface area contributed by atoms with Crippen molar-refractivity contribution in [2.75, 3.05) is 6.61 Å². The Kier molecular flexibility index (Phi) is 6.17. The van der Waals surface area contributed by atoms with Gasteiger partial charge in [-0.15, -0.1) is 0 Å². The Labute approximate surface area is 204 Å². The second kappa shape index (κ2) is 9.26. The van der Waals surface area contributed by atoms with E-state index in [1.165, 1.54) is 0 Å². The lowest BCUT2D eigenvalue weighted by molar-refractivity contribution is 0.152. The summed E-state index contributed by atoms with van der Waals surface area (Å²) in [7, 11) is -3.85. The Morgan fingerprint density at radius 1 is 0.882 bits per heavy atom. The van der Waals surface area contributed by atoms with Gasteiger partial charge in [0.05, 0.1) is 4.90 Å². The summed E-state index contributed by atoms with van der Waals surface area (Å²) >= 11 is 6.24. The molecule has 1 atom stereocenters. The highest BCUT2D eigenvalue weighted by molar-refractivity contribution is 7.86. The van der Waals surface area contributed by atoms with Crippen LogP contribution in [0.5, 0.6) is 5.75 Å². The van der Waals surface area contributed by atoms with Crippen LogP contribution < -0.4 is 4.74 Å². The first-order valence-corrected chi connectivity index (χ1v) is 12.8. The van der Waals surface area contributed by atoms with Crippen LogP contribution >= 0.6 is 11.6 Å². The third kappa shape index (κ3) is 4.60. The van der Waals surface area contributed by atoms with Gasteiger partial charge in [0.15, 0.2) is 0 Å². The first-order valence-electron chi connectivity index (χ1n) is 11.0. The average molecular weight is 491 g/mol. The number of rotatable bonds is 6. The van der Waals surface area contributed by atoms with Crippen molar-refractivity contribution in [3.8, 4) is 28.0 Å². The first-order chi connectivity index (χ1) is 16.4. The molecule has 4 aromatic rings. The van der Waals surface area contributed by atoms with Gasteiger partial charge in [-0.05, 0) is 53.4 Å². The molecule has 0 saturated carbocycles. The summed E-state index contributed by atoms with van der Waals surface area (Å²) in [5.74, 6) is 0.762. The summed E-state index contributed by atoms with van der Waals surface area (Å²) in [6.45, 7) is 1.85. The maximum absolute atomic E-state index is 12.6. The third-order valence-corrected chi connectivity index (χ3v) is 7.43. The van der Waals surface area contributed by atoms with Crippen LogP contribution in [0.3, 0.4) is 0 Å². The van der Waals surface area contributed by atoms with Crippen LogP contribution in [0.2, 0.25) is 5.02 Å². The fraction of sp³-hybridized carbons (Fsp3) is 0.143. The molecule has 0 amide bonds. The Morgan fingerprint density at radius 3 is 2.35 bits per heavy atom. The van der Waals surface area contributed by atoms with E-state index in [2.05, 4.69) is 12.1 Å². The van der Waals surface area contributed by atoms with Crippen molar-refractivity contribution in [1.82, 2.24) is 0 Å². The van der Waals surface area contributed by atoms with Crippen LogP contribution in [0, 0.1) is 6.92 Å². The molecule has 0 fully saturated rings. The standard InChI is InChI=1S/C28H23ClO4S/c1-19-12-14-24(15-13-19)34(30,31)32-18-23-17-21-7-5-11-27(28(21)33-23)26-10-3-2-9-25(26)20-6-4-8-22(29)16-20/h2-16,23H,17-18H2,1H3. The molecule has 5 rings (SSSR count). The lowest BCUT2D eigenvalue weighted by atomic mass is 9.93. The molecule has 1 aliphatic heterocycles. The molecule has 0 bridgehead atoms. The van der Waals surface area contributed by atoms with E-state index < -0.39 is 16.2 Å². The summed E-state index contributed by atoms with van der Waals surface area (Å²) in [6.07, 6.45) is 0.182. The molecule has 0 spiro atoms. The van der Waals surface area contributed by atoms with E-state index in [-0.39, 0.29) is 11.5 Å². The van der Waals surface area contributed by atoms with E-state index in [1.54, 1.807) is 24.3 Å². The Hall–Kier alpha value is -3.12. The largest absolute Gasteiger partial charge is 0.487 e. The molecule has 6 heteroatoms. The van der Waals surface area contributed by atoms with Gasteiger partial charge in [0, 0.05) is 17.0 Å². The Bertz CT molecular complexity index is 1450. The molecule has 4 nitrogen and oxygen atoms in total. The quantitative estimate of drug-likeness (QED) is 0.282. The molecule has 1 heterocycles. The number of para-hydroxylation sites is 1. The van der Waals surface area contributed by atoms with Gasteiger partial charge >= 0.3 is 0 Å². The normalized spacial score (nSPS) is 15.1. The minimum absolute atomic E-state index is 0.0553.